The molecule has 5 N–H and O–H groups in total. The Kier molecular flexibility index (Phi) is 8.14. The van der Waals surface area contributed by atoms with Gasteiger partial charge in [0.1, 0.15) is 6.17 Å². The minimum Gasteiger partial charge on any atom is -0.398 e. The molecule has 0 saturated carbocycles. The van der Waals surface area contributed by atoms with Crippen molar-refractivity contribution in [1.82, 2.24) is 15.0 Å². The van der Waals surface area contributed by atoms with E-state index in [2.05, 4.69) is 77.8 Å². The maximum atomic E-state index is 6.75. The van der Waals surface area contributed by atoms with Crippen molar-refractivity contribution in [3.05, 3.63) is 146 Å². The highest BCUT2D eigenvalue weighted by Crippen LogP contribution is 2.42. The van der Waals surface area contributed by atoms with Crippen molar-refractivity contribution >= 4 is 28.4 Å². The molecular formula is C43H37N7. The predicted octanol–water partition coefficient (Wildman–Crippen LogP) is 10.1. The quantitative estimate of drug-likeness (QED) is 0.140. The Bertz CT molecular complexity index is 2250. The standard InChI is InChI=1S/C43H37N7/c1-2-12-40-46-38-19-9-10-20-39(38)50(40)33-18-11-17-30(25-33)31-21-23-34(36(44)26-31)32-22-24-35(37(45)27-32)43-48-41(28-13-5-3-6-14-28)47-42(49-43)29-15-7-4-8-16-29/h3-11,13-27,40,46H,2,12,44-45H2,1H3. The molecule has 1 aliphatic heterocycles. The summed E-state index contributed by atoms with van der Waals surface area (Å²) >= 11 is 0. The molecule has 0 bridgehead atoms. The summed E-state index contributed by atoms with van der Waals surface area (Å²) in [7, 11) is 0. The fourth-order valence-electron chi connectivity index (χ4n) is 6.71. The van der Waals surface area contributed by atoms with Gasteiger partial charge in [-0.15, -0.1) is 0 Å². The number of aromatic nitrogens is 3. The molecule has 1 unspecified atom stereocenters. The summed E-state index contributed by atoms with van der Waals surface area (Å²) in [4.78, 5) is 16.9. The van der Waals surface area contributed by atoms with Gasteiger partial charge in [-0.05, 0) is 65.6 Å². The molecule has 0 aliphatic carbocycles. The second-order valence-corrected chi connectivity index (χ2v) is 12.5. The van der Waals surface area contributed by atoms with Gasteiger partial charge in [0, 0.05) is 39.3 Å². The molecule has 7 heteroatoms. The lowest BCUT2D eigenvalue weighted by molar-refractivity contribution is 0.666. The summed E-state index contributed by atoms with van der Waals surface area (Å²) in [5.41, 5.74) is 24.8. The van der Waals surface area contributed by atoms with Gasteiger partial charge in [-0.25, -0.2) is 15.0 Å². The van der Waals surface area contributed by atoms with Gasteiger partial charge in [-0.3, -0.25) is 0 Å². The second-order valence-electron chi connectivity index (χ2n) is 12.5. The zero-order valence-corrected chi connectivity index (χ0v) is 27.8. The van der Waals surface area contributed by atoms with Crippen LogP contribution >= 0.6 is 0 Å². The van der Waals surface area contributed by atoms with Crippen LogP contribution in [0.5, 0.6) is 0 Å². The van der Waals surface area contributed by atoms with Gasteiger partial charge in [0.25, 0.3) is 0 Å². The number of para-hydroxylation sites is 2. The molecule has 7 aromatic rings. The summed E-state index contributed by atoms with van der Waals surface area (Å²) in [6.45, 7) is 2.22. The van der Waals surface area contributed by atoms with Crippen molar-refractivity contribution in [3.63, 3.8) is 0 Å². The minimum absolute atomic E-state index is 0.209. The van der Waals surface area contributed by atoms with E-state index in [9.17, 15) is 0 Å². The van der Waals surface area contributed by atoms with Crippen molar-refractivity contribution in [1.29, 1.82) is 0 Å². The van der Waals surface area contributed by atoms with E-state index >= 15 is 0 Å². The average Bonchev–Trinajstić information content (AvgIpc) is 3.53. The minimum atomic E-state index is 0.209. The molecule has 244 valence electrons. The van der Waals surface area contributed by atoms with Crippen molar-refractivity contribution in [2.45, 2.75) is 25.9 Å². The van der Waals surface area contributed by atoms with E-state index in [4.69, 9.17) is 26.4 Å². The van der Waals surface area contributed by atoms with Crippen LogP contribution < -0.4 is 21.7 Å². The molecule has 2 heterocycles. The fraction of sp³-hybridized carbons (Fsp3) is 0.0930. The highest BCUT2D eigenvalue weighted by Gasteiger charge is 2.29. The summed E-state index contributed by atoms with van der Waals surface area (Å²) in [5, 5.41) is 3.70. The van der Waals surface area contributed by atoms with Crippen LogP contribution in [0.15, 0.2) is 146 Å². The Balaban J connectivity index is 1.11. The van der Waals surface area contributed by atoms with Crippen molar-refractivity contribution in [3.8, 4) is 56.4 Å². The molecule has 1 aromatic heterocycles. The van der Waals surface area contributed by atoms with Crippen molar-refractivity contribution in [2.75, 3.05) is 21.7 Å². The molecule has 0 fully saturated rings. The number of rotatable bonds is 8. The van der Waals surface area contributed by atoms with Crippen LogP contribution in [0.4, 0.5) is 28.4 Å². The molecular weight excluding hydrogens is 615 g/mol. The van der Waals surface area contributed by atoms with Gasteiger partial charge >= 0.3 is 0 Å². The molecule has 1 atom stereocenters. The molecule has 8 rings (SSSR count). The first-order chi connectivity index (χ1) is 24.6. The highest BCUT2D eigenvalue weighted by molar-refractivity contribution is 5.87. The van der Waals surface area contributed by atoms with E-state index in [0.29, 0.717) is 28.8 Å². The van der Waals surface area contributed by atoms with E-state index in [1.54, 1.807) is 0 Å². The lowest BCUT2D eigenvalue weighted by Crippen LogP contribution is -2.31. The first kappa shape index (κ1) is 30.8. The molecule has 0 amide bonds. The van der Waals surface area contributed by atoms with Crippen LogP contribution in [0, 0.1) is 0 Å². The van der Waals surface area contributed by atoms with E-state index < -0.39 is 0 Å². The Morgan fingerprint density at radius 3 is 1.78 bits per heavy atom. The first-order valence-electron chi connectivity index (χ1n) is 17.0. The first-order valence-corrected chi connectivity index (χ1v) is 17.0. The van der Waals surface area contributed by atoms with Gasteiger partial charge in [0.05, 0.1) is 11.4 Å². The van der Waals surface area contributed by atoms with Gasteiger partial charge in [-0.1, -0.05) is 116 Å². The molecule has 1 aliphatic rings. The molecule has 50 heavy (non-hydrogen) atoms. The highest BCUT2D eigenvalue weighted by atomic mass is 15.3. The number of benzene rings is 6. The molecule has 6 aromatic carbocycles. The van der Waals surface area contributed by atoms with Gasteiger partial charge in [0.15, 0.2) is 17.5 Å². The second kappa shape index (κ2) is 13.2. The smallest absolute Gasteiger partial charge is 0.166 e. The fourth-order valence-corrected chi connectivity index (χ4v) is 6.71. The third-order valence-corrected chi connectivity index (χ3v) is 9.17. The summed E-state index contributed by atoms with van der Waals surface area (Å²) < 4.78 is 0. The maximum absolute atomic E-state index is 6.75. The number of nitrogens with zero attached hydrogens (tertiary/aromatic N) is 4. The average molecular weight is 652 g/mol. The van der Waals surface area contributed by atoms with Crippen LogP contribution in [0.3, 0.4) is 0 Å². The molecule has 0 saturated heterocycles. The van der Waals surface area contributed by atoms with Gasteiger partial charge in [0.2, 0.25) is 0 Å². The Hall–Kier alpha value is -6.47. The SMILES string of the molecule is CCCC1Nc2ccccc2N1c1cccc(-c2ccc(-c3ccc(-c4nc(-c5ccccc5)nc(-c5ccccc5)n4)c(N)c3)c(N)c2)c1. The molecule has 0 spiro atoms. The topological polar surface area (TPSA) is 106 Å². The summed E-state index contributed by atoms with van der Waals surface area (Å²) in [5.74, 6) is 1.70. The maximum Gasteiger partial charge on any atom is 0.166 e. The third kappa shape index (κ3) is 5.90. The van der Waals surface area contributed by atoms with E-state index in [-0.39, 0.29) is 6.17 Å². The number of hydrogen-bond acceptors (Lipinski definition) is 7. The summed E-state index contributed by atoms with van der Waals surface area (Å²) in [6.07, 6.45) is 2.34. The van der Waals surface area contributed by atoms with E-state index in [1.807, 2.05) is 84.9 Å². The van der Waals surface area contributed by atoms with Crippen LogP contribution in [0.25, 0.3) is 56.4 Å². The van der Waals surface area contributed by atoms with Crippen LogP contribution in [0.1, 0.15) is 19.8 Å². The van der Waals surface area contributed by atoms with Crippen molar-refractivity contribution < 1.29 is 0 Å². The zero-order valence-electron chi connectivity index (χ0n) is 27.8. The van der Waals surface area contributed by atoms with Crippen LogP contribution in [-0.2, 0) is 0 Å². The predicted molar refractivity (Wildman–Crippen MR) is 207 cm³/mol. The monoisotopic (exact) mass is 651 g/mol. The van der Waals surface area contributed by atoms with Crippen LogP contribution in [-0.4, -0.2) is 21.1 Å². The summed E-state index contributed by atoms with van der Waals surface area (Å²) in [6, 6.07) is 49.2. The number of hydrogen-bond donors (Lipinski definition) is 3. The number of fused-ring (bicyclic) bond motifs is 1. The van der Waals surface area contributed by atoms with Crippen molar-refractivity contribution in [2.24, 2.45) is 0 Å². The number of nitrogens with one attached hydrogen (secondary N) is 1. The van der Waals surface area contributed by atoms with Gasteiger partial charge < -0.3 is 21.7 Å². The molecule has 7 nitrogen and oxygen atoms in total. The molecule has 0 radical (unpaired) electrons. The number of nitrogen functional groups attached to an aromatic ring is 2. The van der Waals surface area contributed by atoms with Gasteiger partial charge in [-0.2, -0.15) is 0 Å². The lowest BCUT2D eigenvalue weighted by Gasteiger charge is -2.27. The zero-order chi connectivity index (χ0) is 34.0. The lowest BCUT2D eigenvalue weighted by atomic mass is 9.96. The normalized spacial score (nSPS) is 13.5. The van der Waals surface area contributed by atoms with E-state index in [0.717, 1.165) is 57.5 Å². The third-order valence-electron chi connectivity index (χ3n) is 9.17. The Morgan fingerprint density at radius 1 is 0.540 bits per heavy atom. The van der Waals surface area contributed by atoms with Crippen LogP contribution in [0.2, 0.25) is 0 Å². The van der Waals surface area contributed by atoms with E-state index in [1.165, 1.54) is 11.4 Å². The Labute approximate surface area is 292 Å². The largest absolute Gasteiger partial charge is 0.398 e. The Morgan fingerprint density at radius 2 is 1.10 bits per heavy atom. The number of anilines is 5. The number of nitrogens with two attached hydrogens (primary N) is 2.